The number of benzene rings is 1. The standard InChI is InChI=1S/C23H21N3O7/c1-7-8-2-3-9(23-26-4-5-33-23)18(28)14(8)21(31)16-12(7)19(29)10-6-11(27)15(22(25)32)17(24)13(10)20(16)30/h2-5,7,10,12-13,19,24,27-29,31H,6H2,1H3,(H2,25,32)/t7-,10?,12?,13?,19+/m0/s1. The zero-order valence-electron chi connectivity index (χ0n) is 17.4. The number of oxazole rings is 1. The van der Waals surface area contributed by atoms with Crippen molar-refractivity contribution < 1.29 is 34.4 Å². The highest BCUT2D eigenvalue weighted by atomic mass is 16.3. The topological polar surface area (TPSA) is 191 Å². The average molecular weight is 451 g/mol. The van der Waals surface area contributed by atoms with Crippen molar-refractivity contribution >= 4 is 23.2 Å². The Balaban J connectivity index is 1.70. The van der Waals surface area contributed by atoms with Gasteiger partial charge >= 0.3 is 0 Å². The van der Waals surface area contributed by atoms with Crippen LogP contribution < -0.4 is 5.73 Å². The van der Waals surface area contributed by atoms with Gasteiger partial charge in [0.2, 0.25) is 5.89 Å². The highest BCUT2D eigenvalue weighted by molar-refractivity contribution is 6.29. The lowest BCUT2D eigenvalue weighted by Crippen LogP contribution is -2.54. The number of hydrogen-bond donors (Lipinski definition) is 6. The van der Waals surface area contributed by atoms with E-state index in [9.17, 15) is 30.0 Å². The summed E-state index contributed by atoms with van der Waals surface area (Å²) in [4.78, 5) is 29.4. The summed E-state index contributed by atoms with van der Waals surface area (Å²) in [5, 5.41) is 52.0. The van der Waals surface area contributed by atoms with Gasteiger partial charge in [-0.05, 0) is 17.5 Å². The molecule has 1 heterocycles. The molecule has 3 unspecified atom stereocenters. The molecule has 10 nitrogen and oxygen atoms in total. The molecule has 5 atom stereocenters. The zero-order chi connectivity index (χ0) is 23.8. The van der Waals surface area contributed by atoms with Crippen LogP contribution in [0.5, 0.6) is 5.75 Å². The van der Waals surface area contributed by atoms with Crippen LogP contribution in [0.1, 0.15) is 30.4 Å². The fraction of sp³-hybridized carbons (Fsp3) is 0.304. The van der Waals surface area contributed by atoms with Crippen LogP contribution in [0.3, 0.4) is 0 Å². The van der Waals surface area contributed by atoms with E-state index >= 15 is 0 Å². The predicted molar refractivity (Wildman–Crippen MR) is 114 cm³/mol. The second kappa shape index (κ2) is 7.04. The lowest BCUT2D eigenvalue weighted by Gasteiger charge is -2.47. The van der Waals surface area contributed by atoms with E-state index in [1.165, 1.54) is 12.5 Å². The molecule has 3 aliphatic carbocycles. The van der Waals surface area contributed by atoms with Crippen molar-refractivity contribution in [2.75, 3.05) is 0 Å². The lowest BCUT2D eigenvalue weighted by molar-refractivity contribution is -0.125. The summed E-state index contributed by atoms with van der Waals surface area (Å²) >= 11 is 0. The third kappa shape index (κ3) is 2.70. The number of primary amides is 1. The molecular formula is C23H21N3O7. The molecule has 5 rings (SSSR count). The van der Waals surface area contributed by atoms with E-state index in [1.807, 2.05) is 0 Å². The van der Waals surface area contributed by atoms with Crippen molar-refractivity contribution in [3.8, 4) is 17.2 Å². The number of rotatable bonds is 2. The molecule has 0 saturated heterocycles. The van der Waals surface area contributed by atoms with Crippen LogP contribution in [0, 0.1) is 23.2 Å². The average Bonchev–Trinajstić information content (AvgIpc) is 3.28. The first kappa shape index (κ1) is 21.0. The molecule has 1 aromatic heterocycles. The molecule has 0 aliphatic heterocycles. The Kier molecular flexibility index (Phi) is 4.47. The molecule has 1 fully saturated rings. The number of aromatic hydroxyl groups is 1. The van der Waals surface area contributed by atoms with Gasteiger partial charge in [-0.25, -0.2) is 4.98 Å². The third-order valence-corrected chi connectivity index (χ3v) is 7.05. The molecule has 0 spiro atoms. The Labute approximate surface area is 187 Å². The van der Waals surface area contributed by atoms with E-state index in [2.05, 4.69) is 4.98 Å². The number of allylic oxidation sites excluding steroid dienone is 1. The number of aromatic nitrogens is 1. The monoisotopic (exact) mass is 451 g/mol. The lowest BCUT2D eigenvalue weighted by atomic mass is 9.57. The number of phenolic OH excluding ortho intramolecular Hbond substituents is 1. The van der Waals surface area contributed by atoms with Crippen molar-refractivity contribution in [3.63, 3.8) is 0 Å². The quantitative estimate of drug-likeness (QED) is 0.399. The molecule has 1 amide bonds. The number of nitrogens with zero attached hydrogens (tertiary/aromatic N) is 1. The summed E-state index contributed by atoms with van der Waals surface area (Å²) in [6.07, 6.45) is 1.33. The first-order valence-corrected chi connectivity index (χ1v) is 10.4. The first-order valence-electron chi connectivity index (χ1n) is 10.4. The third-order valence-electron chi connectivity index (χ3n) is 7.05. The van der Waals surface area contributed by atoms with Gasteiger partial charge in [0.25, 0.3) is 5.91 Å². The number of nitrogens with one attached hydrogen (secondary N) is 1. The highest BCUT2D eigenvalue weighted by Gasteiger charge is 2.56. The van der Waals surface area contributed by atoms with Crippen LogP contribution in [0.25, 0.3) is 17.2 Å². The minimum atomic E-state index is -1.27. The van der Waals surface area contributed by atoms with Crippen molar-refractivity contribution in [1.82, 2.24) is 4.98 Å². The number of ketones is 1. The van der Waals surface area contributed by atoms with Gasteiger partial charge in [-0.1, -0.05) is 13.0 Å². The fourth-order valence-electron chi connectivity index (χ4n) is 5.57. The number of nitrogens with two attached hydrogens (primary N) is 1. The molecule has 1 aromatic carbocycles. The van der Waals surface area contributed by atoms with Crippen LogP contribution in [-0.4, -0.2) is 48.9 Å². The van der Waals surface area contributed by atoms with Gasteiger partial charge in [0.05, 0.1) is 40.6 Å². The zero-order valence-corrected chi connectivity index (χ0v) is 17.4. The summed E-state index contributed by atoms with van der Waals surface area (Å²) in [5.41, 5.74) is 4.99. The van der Waals surface area contributed by atoms with Crippen LogP contribution in [0.2, 0.25) is 0 Å². The van der Waals surface area contributed by atoms with E-state index in [0.29, 0.717) is 5.56 Å². The first-order chi connectivity index (χ1) is 15.6. The van der Waals surface area contributed by atoms with Crippen LogP contribution in [0.4, 0.5) is 0 Å². The second-order valence-corrected chi connectivity index (χ2v) is 8.64. The summed E-state index contributed by atoms with van der Waals surface area (Å²) in [6, 6.07) is 3.25. The molecule has 0 radical (unpaired) electrons. The van der Waals surface area contributed by atoms with Crippen molar-refractivity contribution in [2.45, 2.75) is 25.4 Å². The Morgan fingerprint density at radius 3 is 2.64 bits per heavy atom. The largest absolute Gasteiger partial charge is 0.511 e. The van der Waals surface area contributed by atoms with Gasteiger partial charge in [-0.2, -0.15) is 0 Å². The van der Waals surface area contributed by atoms with Crippen LogP contribution >= 0.6 is 0 Å². The number of Topliss-reactive ketones (excluding diaryl/α,β-unsaturated/α-hetero) is 1. The molecule has 7 N–H and O–H groups in total. The minimum Gasteiger partial charge on any atom is -0.511 e. The van der Waals surface area contributed by atoms with Crippen LogP contribution in [0.15, 0.2) is 45.9 Å². The summed E-state index contributed by atoms with van der Waals surface area (Å²) < 4.78 is 5.25. The molecule has 10 heteroatoms. The van der Waals surface area contributed by atoms with Crippen molar-refractivity contribution in [1.29, 1.82) is 5.41 Å². The Morgan fingerprint density at radius 2 is 2.00 bits per heavy atom. The van der Waals surface area contributed by atoms with Crippen molar-refractivity contribution in [2.24, 2.45) is 23.5 Å². The molecule has 33 heavy (non-hydrogen) atoms. The van der Waals surface area contributed by atoms with Crippen molar-refractivity contribution in [3.05, 3.63) is 52.6 Å². The van der Waals surface area contributed by atoms with Gasteiger partial charge in [0.1, 0.15) is 23.5 Å². The molecule has 0 bridgehead atoms. The minimum absolute atomic E-state index is 0.0271. The predicted octanol–water partition coefficient (Wildman–Crippen LogP) is 1.95. The number of fused-ring (bicyclic) bond motifs is 3. The number of carbonyl (C=O) groups is 2. The summed E-state index contributed by atoms with van der Waals surface area (Å²) in [6.45, 7) is 1.76. The van der Waals surface area contributed by atoms with Crippen LogP contribution in [-0.2, 0) is 9.59 Å². The van der Waals surface area contributed by atoms with E-state index in [1.54, 1.807) is 19.1 Å². The number of aliphatic hydroxyl groups is 3. The Morgan fingerprint density at radius 1 is 1.27 bits per heavy atom. The Bertz CT molecular complexity index is 1290. The number of hydrogen-bond acceptors (Lipinski definition) is 9. The van der Waals surface area contributed by atoms with Gasteiger partial charge in [0, 0.05) is 23.8 Å². The summed E-state index contributed by atoms with van der Waals surface area (Å²) in [7, 11) is 0. The van der Waals surface area contributed by atoms with E-state index in [-0.39, 0.29) is 34.8 Å². The van der Waals surface area contributed by atoms with Gasteiger partial charge in [-0.15, -0.1) is 0 Å². The van der Waals surface area contributed by atoms with Gasteiger partial charge in [0.15, 0.2) is 5.78 Å². The molecule has 3 aliphatic rings. The smallest absolute Gasteiger partial charge is 0.253 e. The maximum atomic E-state index is 13.6. The maximum Gasteiger partial charge on any atom is 0.253 e. The number of carbonyl (C=O) groups excluding carboxylic acids is 2. The summed E-state index contributed by atoms with van der Waals surface area (Å²) in [5.74, 6) is -6.30. The number of amides is 1. The number of phenols is 1. The maximum absolute atomic E-state index is 13.6. The van der Waals surface area contributed by atoms with E-state index in [4.69, 9.17) is 15.6 Å². The van der Waals surface area contributed by atoms with Gasteiger partial charge in [-0.3, -0.25) is 9.59 Å². The fourth-order valence-corrected chi connectivity index (χ4v) is 5.57. The molecule has 170 valence electrons. The second-order valence-electron chi connectivity index (χ2n) is 8.64. The molecule has 1 saturated carbocycles. The van der Waals surface area contributed by atoms with E-state index < -0.39 is 64.3 Å². The molecule has 2 aromatic rings. The normalized spacial score (nSPS) is 29.0. The van der Waals surface area contributed by atoms with Gasteiger partial charge < -0.3 is 36.0 Å². The number of aliphatic hydroxyl groups excluding tert-OH is 3. The highest BCUT2D eigenvalue weighted by Crippen LogP contribution is 2.54. The molecular weight excluding hydrogens is 430 g/mol. The SMILES string of the molecule is C[C@H]1c2ccc(-c3ncco3)c(O)c2C(O)=C2C(=O)C3C(=N)C(C(N)=O)=C(O)CC3[C@@H](O)C21. The van der Waals surface area contributed by atoms with E-state index in [0.717, 1.165) is 0 Å². The Hall–Kier alpha value is -3.92.